The van der Waals surface area contributed by atoms with Gasteiger partial charge in [-0.3, -0.25) is 0 Å². The van der Waals surface area contributed by atoms with E-state index in [1.165, 1.54) is 12.6 Å². The number of methoxy groups -OCH3 is 2. The van der Waals surface area contributed by atoms with E-state index < -0.39 is 16.0 Å². The molecule has 21 heavy (non-hydrogen) atoms. The molecule has 118 valence electrons. The molecular weight excluding hydrogens is 316 g/mol. The van der Waals surface area contributed by atoms with Crippen LogP contribution in [0.1, 0.15) is 29.8 Å². The molecule has 1 aromatic heterocycles. The first-order chi connectivity index (χ1) is 9.94. The topological polar surface area (TPSA) is 94.6 Å². The van der Waals surface area contributed by atoms with E-state index in [4.69, 9.17) is 4.74 Å². The predicted octanol–water partition coefficient (Wildman–Crippen LogP) is 1.02. The molecular formula is C12H18N2O5S2. The molecule has 0 bridgehead atoms. The van der Waals surface area contributed by atoms with Gasteiger partial charge < -0.3 is 9.47 Å². The summed E-state index contributed by atoms with van der Waals surface area (Å²) in [6.45, 7) is 0.951. The van der Waals surface area contributed by atoms with Gasteiger partial charge in [-0.25, -0.2) is 22.9 Å². The molecule has 0 aliphatic heterocycles. The SMILES string of the molecule is COCCC1(CNS(=O)(=O)c2scnc2C(=O)OC)CC1. The number of hydrogen-bond acceptors (Lipinski definition) is 7. The Morgan fingerprint density at radius 2 is 2.19 bits per heavy atom. The van der Waals surface area contributed by atoms with Crippen molar-refractivity contribution in [2.45, 2.75) is 23.5 Å². The van der Waals surface area contributed by atoms with Crippen molar-refractivity contribution in [3.63, 3.8) is 0 Å². The smallest absolute Gasteiger partial charge is 0.358 e. The molecule has 0 saturated heterocycles. The number of thiazole rings is 1. The monoisotopic (exact) mass is 334 g/mol. The van der Waals surface area contributed by atoms with Gasteiger partial charge in [-0.1, -0.05) is 0 Å². The first kappa shape index (κ1) is 16.3. The highest BCUT2D eigenvalue weighted by atomic mass is 32.2. The van der Waals surface area contributed by atoms with Crippen LogP contribution in [0.25, 0.3) is 0 Å². The molecule has 0 amide bonds. The summed E-state index contributed by atoms with van der Waals surface area (Å²) in [4.78, 5) is 15.3. The standard InChI is InChI=1S/C12H18N2O5S2/c1-18-6-5-12(3-4-12)7-14-21(16,17)11-9(10(15)19-2)13-8-20-11/h8,14H,3-7H2,1-2H3. The summed E-state index contributed by atoms with van der Waals surface area (Å²) >= 11 is 0.902. The molecule has 1 saturated carbocycles. The number of esters is 1. The second-order valence-corrected chi connectivity index (χ2v) is 7.86. The quantitative estimate of drug-likeness (QED) is 0.713. The maximum Gasteiger partial charge on any atom is 0.358 e. The lowest BCUT2D eigenvalue weighted by atomic mass is 10.0. The zero-order chi connectivity index (χ0) is 15.5. The number of rotatable bonds is 8. The number of nitrogens with zero attached hydrogens (tertiary/aromatic N) is 1. The van der Waals surface area contributed by atoms with Crippen LogP contribution < -0.4 is 4.72 Å². The highest BCUT2D eigenvalue weighted by molar-refractivity contribution is 7.91. The van der Waals surface area contributed by atoms with Gasteiger partial charge in [-0.2, -0.15) is 0 Å². The van der Waals surface area contributed by atoms with Crippen LogP contribution in [-0.2, 0) is 19.5 Å². The lowest BCUT2D eigenvalue weighted by Crippen LogP contribution is -2.31. The van der Waals surface area contributed by atoms with Gasteiger partial charge in [-0.15, -0.1) is 11.3 Å². The van der Waals surface area contributed by atoms with Crippen molar-refractivity contribution in [2.24, 2.45) is 5.41 Å². The van der Waals surface area contributed by atoms with Crippen LogP contribution in [0.15, 0.2) is 9.72 Å². The summed E-state index contributed by atoms with van der Waals surface area (Å²) in [7, 11) is -0.941. The molecule has 2 rings (SSSR count). The van der Waals surface area contributed by atoms with E-state index in [0.717, 1.165) is 30.6 Å². The molecule has 1 fully saturated rings. The van der Waals surface area contributed by atoms with Crippen molar-refractivity contribution in [2.75, 3.05) is 27.4 Å². The third kappa shape index (κ3) is 3.79. The van der Waals surface area contributed by atoms with Gasteiger partial charge >= 0.3 is 5.97 Å². The van der Waals surface area contributed by atoms with Crippen molar-refractivity contribution in [1.29, 1.82) is 0 Å². The van der Waals surface area contributed by atoms with Gasteiger partial charge in [0.2, 0.25) is 0 Å². The maximum absolute atomic E-state index is 12.3. The van der Waals surface area contributed by atoms with E-state index in [9.17, 15) is 13.2 Å². The molecule has 0 radical (unpaired) electrons. The van der Waals surface area contributed by atoms with Gasteiger partial charge in [0.25, 0.3) is 10.0 Å². The van der Waals surface area contributed by atoms with E-state index in [1.807, 2.05) is 0 Å². The number of hydrogen-bond donors (Lipinski definition) is 1. The Labute approximate surface area is 127 Å². The molecule has 7 nitrogen and oxygen atoms in total. The number of aromatic nitrogens is 1. The lowest BCUT2D eigenvalue weighted by molar-refractivity contribution is 0.0590. The molecule has 1 aliphatic rings. The Bertz CT molecular complexity index is 607. The molecule has 9 heteroatoms. The Morgan fingerprint density at radius 3 is 2.76 bits per heavy atom. The minimum Gasteiger partial charge on any atom is -0.464 e. The highest BCUT2D eigenvalue weighted by Gasteiger charge is 2.43. The van der Waals surface area contributed by atoms with Crippen molar-refractivity contribution in [1.82, 2.24) is 9.71 Å². The fraction of sp³-hybridized carbons (Fsp3) is 0.667. The first-order valence-electron chi connectivity index (χ1n) is 6.44. The first-order valence-corrected chi connectivity index (χ1v) is 8.81. The van der Waals surface area contributed by atoms with Crippen molar-refractivity contribution in [3.05, 3.63) is 11.2 Å². The molecule has 0 atom stereocenters. The number of carbonyl (C=O) groups excluding carboxylic acids is 1. The molecule has 1 heterocycles. The summed E-state index contributed by atoms with van der Waals surface area (Å²) in [6, 6.07) is 0. The molecule has 0 unspecified atom stereocenters. The summed E-state index contributed by atoms with van der Waals surface area (Å²) < 4.78 is 36.7. The zero-order valence-corrected chi connectivity index (χ0v) is 13.6. The number of nitrogens with one attached hydrogen (secondary N) is 1. The highest BCUT2D eigenvalue weighted by Crippen LogP contribution is 2.48. The Balaban J connectivity index is 2.06. The normalized spacial score (nSPS) is 16.7. The van der Waals surface area contributed by atoms with Crippen LogP contribution in [0.3, 0.4) is 0 Å². The van der Waals surface area contributed by atoms with E-state index in [0.29, 0.717) is 13.2 Å². The average molecular weight is 334 g/mol. The van der Waals surface area contributed by atoms with Crippen LogP contribution in [0.4, 0.5) is 0 Å². The third-order valence-electron chi connectivity index (χ3n) is 3.59. The van der Waals surface area contributed by atoms with Gasteiger partial charge in [-0.05, 0) is 24.7 Å². The third-order valence-corrected chi connectivity index (χ3v) is 6.36. The van der Waals surface area contributed by atoms with Crippen LogP contribution in [0.2, 0.25) is 0 Å². The fourth-order valence-electron chi connectivity index (χ4n) is 1.98. The summed E-state index contributed by atoms with van der Waals surface area (Å²) in [6.07, 6.45) is 2.77. The van der Waals surface area contributed by atoms with Crippen LogP contribution >= 0.6 is 11.3 Å². The minimum atomic E-state index is -3.76. The van der Waals surface area contributed by atoms with E-state index in [-0.39, 0.29) is 15.3 Å². The minimum absolute atomic E-state index is 0.0147. The average Bonchev–Trinajstić information content (AvgIpc) is 3.06. The van der Waals surface area contributed by atoms with E-state index in [1.54, 1.807) is 7.11 Å². The predicted molar refractivity (Wildman–Crippen MR) is 76.8 cm³/mol. The largest absolute Gasteiger partial charge is 0.464 e. The lowest BCUT2D eigenvalue weighted by Gasteiger charge is -2.15. The maximum atomic E-state index is 12.3. The molecule has 1 N–H and O–H groups in total. The number of sulfonamides is 1. The molecule has 0 aromatic carbocycles. The van der Waals surface area contributed by atoms with Crippen LogP contribution in [0, 0.1) is 5.41 Å². The second-order valence-electron chi connectivity index (χ2n) is 5.05. The molecule has 1 aromatic rings. The van der Waals surface area contributed by atoms with E-state index >= 15 is 0 Å². The van der Waals surface area contributed by atoms with Crippen LogP contribution in [-0.4, -0.2) is 46.7 Å². The van der Waals surface area contributed by atoms with E-state index in [2.05, 4.69) is 14.4 Å². The van der Waals surface area contributed by atoms with Crippen molar-refractivity contribution >= 4 is 27.3 Å². The van der Waals surface area contributed by atoms with Crippen molar-refractivity contribution in [3.8, 4) is 0 Å². The Kier molecular flexibility index (Phi) is 4.97. The number of carbonyl (C=O) groups is 1. The number of ether oxygens (including phenoxy) is 2. The zero-order valence-electron chi connectivity index (χ0n) is 11.9. The van der Waals surface area contributed by atoms with Gasteiger partial charge in [0.1, 0.15) is 0 Å². The Hall–Kier alpha value is -1.03. The van der Waals surface area contributed by atoms with Gasteiger partial charge in [0, 0.05) is 20.3 Å². The van der Waals surface area contributed by atoms with Gasteiger partial charge in [0.05, 0.1) is 12.6 Å². The summed E-state index contributed by atoms with van der Waals surface area (Å²) in [5, 5.41) is 0. The molecule has 1 aliphatic carbocycles. The molecule has 0 spiro atoms. The fourth-order valence-corrected chi connectivity index (χ4v) is 4.31. The van der Waals surface area contributed by atoms with Gasteiger partial charge in [0.15, 0.2) is 9.90 Å². The summed E-state index contributed by atoms with van der Waals surface area (Å²) in [5.74, 6) is -0.753. The van der Waals surface area contributed by atoms with Crippen LogP contribution in [0.5, 0.6) is 0 Å². The van der Waals surface area contributed by atoms with Crippen molar-refractivity contribution < 1.29 is 22.7 Å². The second kappa shape index (κ2) is 6.39. The Morgan fingerprint density at radius 1 is 1.48 bits per heavy atom. The summed E-state index contributed by atoms with van der Waals surface area (Å²) in [5.41, 5.74) is 1.13.